The largest absolute Gasteiger partial charge is 0.416 e. The van der Waals surface area contributed by atoms with Gasteiger partial charge in [0, 0.05) is 11.9 Å². The van der Waals surface area contributed by atoms with Gasteiger partial charge in [-0.2, -0.15) is 13.2 Å². The molecule has 1 heterocycles. The van der Waals surface area contributed by atoms with Crippen molar-refractivity contribution < 1.29 is 30.8 Å². The minimum atomic E-state index is -4.50. The minimum absolute atomic E-state index is 0.0283. The van der Waals surface area contributed by atoms with Crippen molar-refractivity contribution in [1.29, 1.82) is 0 Å². The predicted octanol–water partition coefficient (Wildman–Crippen LogP) is 4.29. The first kappa shape index (κ1) is 21.2. The summed E-state index contributed by atoms with van der Waals surface area (Å²) in [7, 11) is -4.05. The van der Waals surface area contributed by atoms with Gasteiger partial charge in [-0.15, -0.1) is 0 Å². The van der Waals surface area contributed by atoms with Crippen LogP contribution in [0.4, 0.5) is 28.9 Å². The maximum absolute atomic E-state index is 13.0. The van der Waals surface area contributed by atoms with Crippen LogP contribution in [0, 0.1) is 5.82 Å². The van der Waals surface area contributed by atoms with Gasteiger partial charge in [0.25, 0.3) is 15.9 Å². The Balaban J connectivity index is 1.74. The molecule has 2 aromatic carbocycles. The normalized spacial score (nSPS) is 11.7. The highest BCUT2D eigenvalue weighted by Gasteiger charge is 2.30. The summed E-state index contributed by atoms with van der Waals surface area (Å²) in [6.45, 7) is 0. The zero-order valence-electron chi connectivity index (χ0n) is 14.9. The molecule has 0 fully saturated rings. The molecule has 0 atom stereocenters. The topological polar surface area (TPSA) is 88.2 Å². The molecule has 2 N–H and O–H groups in total. The second-order valence-electron chi connectivity index (χ2n) is 6.05. The monoisotopic (exact) mass is 439 g/mol. The average molecular weight is 439 g/mol. The minimum Gasteiger partial charge on any atom is -0.322 e. The summed E-state index contributed by atoms with van der Waals surface area (Å²) in [6, 6.07) is 9.15. The molecule has 0 aliphatic rings. The summed E-state index contributed by atoms with van der Waals surface area (Å²) in [6.07, 6.45) is -2.17. The number of halogens is 4. The van der Waals surface area contributed by atoms with Gasteiger partial charge in [-0.1, -0.05) is 0 Å². The summed E-state index contributed by atoms with van der Waals surface area (Å²) in [4.78, 5) is 15.9. The van der Waals surface area contributed by atoms with Crippen LogP contribution in [0.15, 0.2) is 71.9 Å². The molecule has 11 heteroatoms. The van der Waals surface area contributed by atoms with Crippen molar-refractivity contribution in [2.24, 2.45) is 0 Å². The zero-order valence-corrected chi connectivity index (χ0v) is 15.8. The van der Waals surface area contributed by atoms with Crippen molar-refractivity contribution in [3.8, 4) is 0 Å². The van der Waals surface area contributed by atoms with Crippen LogP contribution in [0.1, 0.15) is 15.9 Å². The number of anilines is 2. The van der Waals surface area contributed by atoms with E-state index in [4.69, 9.17) is 0 Å². The third-order valence-electron chi connectivity index (χ3n) is 3.85. The van der Waals surface area contributed by atoms with Crippen LogP contribution in [0.5, 0.6) is 0 Å². The summed E-state index contributed by atoms with van der Waals surface area (Å²) in [5.41, 5.74) is -0.807. The van der Waals surface area contributed by atoms with E-state index in [1.165, 1.54) is 6.07 Å². The summed E-state index contributed by atoms with van der Waals surface area (Å²) < 4.78 is 77.7. The van der Waals surface area contributed by atoms with Gasteiger partial charge >= 0.3 is 6.18 Å². The van der Waals surface area contributed by atoms with Crippen molar-refractivity contribution in [3.05, 3.63) is 83.9 Å². The number of carbonyl (C=O) groups excluding carboxylic acids is 1. The van der Waals surface area contributed by atoms with E-state index in [0.29, 0.717) is 0 Å². The number of nitrogens with zero attached hydrogens (tertiary/aromatic N) is 1. The van der Waals surface area contributed by atoms with Crippen LogP contribution in [-0.2, 0) is 16.2 Å². The highest BCUT2D eigenvalue weighted by atomic mass is 32.2. The Morgan fingerprint density at radius 3 is 2.13 bits per heavy atom. The number of hydrogen-bond donors (Lipinski definition) is 2. The van der Waals surface area contributed by atoms with E-state index in [-0.39, 0.29) is 21.8 Å². The van der Waals surface area contributed by atoms with Gasteiger partial charge in [0.05, 0.1) is 27.9 Å². The molecular formula is C19H13F4N3O3S. The third kappa shape index (κ3) is 5.11. The molecule has 0 bridgehead atoms. The van der Waals surface area contributed by atoms with Crippen LogP contribution in [0.2, 0.25) is 0 Å². The lowest BCUT2D eigenvalue weighted by atomic mass is 10.2. The fourth-order valence-corrected chi connectivity index (χ4v) is 3.43. The maximum Gasteiger partial charge on any atom is 0.416 e. The molecule has 0 radical (unpaired) electrons. The predicted molar refractivity (Wildman–Crippen MR) is 101 cm³/mol. The fraction of sp³-hybridized carbons (Fsp3) is 0.0526. The molecule has 30 heavy (non-hydrogen) atoms. The first-order valence-electron chi connectivity index (χ1n) is 8.27. The summed E-state index contributed by atoms with van der Waals surface area (Å²) in [5, 5.41) is 2.40. The van der Waals surface area contributed by atoms with Gasteiger partial charge in [-0.3, -0.25) is 14.5 Å². The van der Waals surface area contributed by atoms with Crippen LogP contribution >= 0.6 is 0 Å². The van der Waals surface area contributed by atoms with Crippen LogP contribution in [-0.4, -0.2) is 19.3 Å². The van der Waals surface area contributed by atoms with E-state index in [2.05, 4.69) is 15.0 Å². The summed E-state index contributed by atoms with van der Waals surface area (Å²) >= 11 is 0. The number of aromatic nitrogens is 1. The second kappa shape index (κ2) is 8.11. The first-order chi connectivity index (χ1) is 14.0. The molecule has 3 rings (SSSR count). The van der Waals surface area contributed by atoms with Crippen LogP contribution < -0.4 is 10.0 Å². The summed E-state index contributed by atoms with van der Waals surface area (Å²) in [5.74, 6) is -1.30. The standard InChI is InChI=1S/C19H13F4N3O3S/c20-14-3-7-17(8-4-14)30(28,29)26-16-9-12(10-24-11-16)18(27)25-15-5-1-13(2-6-15)19(21,22)23/h1-11,26H,(H,25,27). The van der Waals surface area contributed by atoms with E-state index in [0.717, 1.165) is 60.9 Å². The first-order valence-corrected chi connectivity index (χ1v) is 9.75. The molecule has 0 aliphatic heterocycles. The lowest BCUT2D eigenvalue weighted by Gasteiger charge is -2.10. The van der Waals surface area contributed by atoms with Gasteiger partial charge in [0.2, 0.25) is 0 Å². The number of sulfonamides is 1. The van der Waals surface area contributed by atoms with E-state index >= 15 is 0 Å². The molecule has 0 spiro atoms. The lowest BCUT2D eigenvalue weighted by molar-refractivity contribution is -0.137. The Morgan fingerprint density at radius 1 is 0.900 bits per heavy atom. The van der Waals surface area contributed by atoms with Gasteiger partial charge in [-0.05, 0) is 54.6 Å². The molecule has 0 saturated heterocycles. The number of rotatable bonds is 5. The number of alkyl halides is 3. The molecule has 6 nitrogen and oxygen atoms in total. The molecule has 156 valence electrons. The van der Waals surface area contributed by atoms with E-state index in [1.54, 1.807) is 0 Å². The molecule has 0 saturated carbocycles. The van der Waals surface area contributed by atoms with Crippen LogP contribution in [0.3, 0.4) is 0 Å². The Morgan fingerprint density at radius 2 is 1.53 bits per heavy atom. The molecular weight excluding hydrogens is 426 g/mol. The number of benzene rings is 2. The highest BCUT2D eigenvalue weighted by Crippen LogP contribution is 2.30. The average Bonchev–Trinajstić information content (AvgIpc) is 2.68. The van der Waals surface area contributed by atoms with E-state index < -0.39 is 33.5 Å². The van der Waals surface area contributed by atoms with Gasteiger partial charge in [0.15, 0.2) is 0 Å². The lowest BCUT2D eigenvalue weighted by Crippen LogP contribution is -2.16. The van der Waals surface area contributed by atoms with Gasteiger partial charge in [-0.25, -0.2) is 12.8 Å². The smallest absolute Gasteiger partial charge is 0.322 e. The number of hydrogen-bond acceptors (Lipinski definition) is 4. The second-order valence-corrected chi connectivity index (χ2v) is 7.73. The SMILES string of the molecule is O=C(Nc1ccc(C(F)(F)F)cc1)c1cncc(NS(=O)(=O)c2ccc(F)cc2)c1. The Kier molecular flexibility index (Phi) is 5.74. The molecule has 1 amide bonds. The third-order valence-corrected chi connectivity index (χ3v) is 5.24. The molecule has 0 aliphatic carbocycles. The van der Waals surface area contributed by atoms with Gasteiger partial charge < -0.3 is 5.32 Å². The molecule has 0 unspecified atom stereocenters. The highest BCUT2D eigenvalue weighted by molar-refractivity contribution is 7.92. The van der Waals surface area contributed by atoms with Crippen molar-refractivity contribution in [2.45, 2.75) is 11.1 Å². The van der Waals surface area contributed by atoms with Crippen molar-refractivity contribution in [1.82, 2.24) is 4.98 Å². The van der Waals surface area contributed by atoms with Gasteiger partial charge in [0.1, 0.15) is 5.82 Å². The Bertz CT molecular complexity index is 1160. The molecule has 3 aromatic rings. The van der Waals surface area contributed by atoms with E-state index in [1.807, 2.05) is 0 Å². The Labute approximate surface area is 168 Å². The zero-order chi connectivity index (χ0) is 21.9. The van der Waals surface area contributed by atoms with Crippen molar-refractivity contribution >= 4 is 27.3 Å². The quantitative estimate of drug-likeness (QED) is 0.581. The number of pyridine rings is 1. The van der Waals surface area contributed by atoms with Crippen molar-refractivity contribution in [2.75, 3.05) is 10.0 Å². The van der Waals surface area contributed by atoms with Crippen molar-refractivity contribution in [3.63, 3.8) is 0 Å². The number of amides is 1. The number of nitrogens with one attached hydrogen (secondary N) is 2. The Hall–Kier alpha value is -3.47. The van der Waals surface area contributed by atoms with E-state index in [9.17, 15) is 30.8 Å². The number of carbonyl (C=O) groups is 1. The fourth-order valence-electron chi connectivity index (χ4n) is 2.39. The molecule has 1 aromatic heterocycles. The maximum atomic E-state index is 13.0. The van der Waals surface area contributed by atoms with Crippen LogP contribution in [0.25, 0.3) is 0 Å².